The van der Waals surface area contributed by atoms with Gasteiger partial charge in [0.25, 0.3) is 0 Å². The number of pyridine rings is 1. The quantitative estimate of drug-likeness (QED) is 0.278. The lowest BCUT2D eigenvalue weighted by Gasteiger charge is -2.10. The molecule has 0 aliphatic carbocycles. The lowest BCUT2D eigenvalue weighted by molar-refractivity contribution is 0.967. The first-order valence-electron chi connectivity index (χ1n) is 8.46. The molecule has 0 N–H and O–H groups in total. The molecule has 0 unspecified atom stereocenters. The highest BCUT2D eigenvalue weighted by Crippen LogP contribution is 2.24. The molecule has 0 radical (unpaired) electrons. The van der Waals surface area contributed by atoms with Crippen molar-refractivity contribution in [2.24, 2.45) is 4.99 Å². The third-order valence-corrected chi connectivity index (χ3v) is 5.42. The Morgan fingerprint density at radius 1 is 1.00 bits per heavy atom. The summed E-state index contributed by atoms with van der Waals surface area (Å²) in [5.41, 5.74) is 6.66. The molecular formula is C22H18IN3. The van der Waals surface area contributed by atoms with Gasteiger partial charge >= 0.3 is 0 Å². The summed E-state index contributed by atoms with van der Waals surface area (Å²) >= 11 is 2.32. The number of nitrogens with zero attached hydrogens (tertiary/aromatic N) is 3. The van der Waals surface area contributed by atoms with Gasteiger partial charge in [-0.2, -0.15) is 0 Å². The van der Waals surface area contributed by atoms with Gasteiger partial charge in [-0.1, -0.05) is 18.2 Å². The van der Waals surface area contributed by atoms with Crippen molar-refractivity contribution in [2.45, 2.75) is 13.8 Å². The number of hydrogen-bond donors (Lipinski definition) is 0. The second-order valence-corrected chi connectivity index (χ2v) is 7.41. The topological polar surface area (TPSA) is 30.2 Å². The zero-order valence-corrected chi connectivity index (χ0v) is 16.8. The molecule has 0 spiro atoms. The molecule has 0 atom stereocenters. The molecule has 2 aromatic carbocycles. The zero-order valence-electron chi connectivity index (χ0n) is 14.6. The molecular weight excluding hydrogens is 433 g/mol. The van der Waals surface area contributed by atoms with E-state index in [2.05, 4.69) is 87.4 Å². The van der Waals surface area contributed by atoms with Gasteiger partial charge in [-0.25, -0.2) is 0 Å². The van der Waals surface area contributed by atoms with Crippen LogP contribution in [0.15, 0.2) is 71.9 Å². The van der Waals surface area contributed by atoms with Crippen molar-refractivity contribution in [2.75, 3.05) is 0 Å². The largest absolute Gasteiger partial charge is 0.318 e. The van der Waals surface area contributed by atoms with Crippen LogP contribution in [0.3, 0.4) is 0 Å². The molecule has 0 aliphatic rings. The maximum Gasteiger partial charge on any atom is 0.0763 e. The van der Waals surface area contributed by atoms with Gasteiger partial charge in [0, 0.05) is 44.0 Å². The van der Waals surface area contributed by atoms with Crippen molar-refractivity contribution < 1.29 is 0 Å². The number of benzene rings is 2. The first-order valence-corrected chi connectivity index (χ1v) is 9.54. The molecule has 0 bridgehead atoms. The maximum absolute atomic E-state index is 4.68. The van der Waals surface area contributed by atoms with Crippen LogP contribution in [0, 0.1) is 17.4 Å². The number of halogens is 1. The molecule has 3 nitrogen and oxygen atoms in total. The summed E-state index contributed by atoms with van der Waals surface area (Å²) in [5.74, 6) is 0. The highest BCUT2D eigenvalue weighted by molar-refractivity contribution is 14.1. The van der Waals surface area contributed by atoms with E-state index in [4.69, 9.17) is 0 Å². The van der Waals surface area contributed by atoms with E-state index in [0.717, 1.165) is 31.4 Å². The molecule has 0 saturated carbocycles. The zero-order chi connectivity index (χ0) is 18.1. The molecule has 26 heavy (non-hydrogen) atoms. The molecule has 4 aromatic rings. The van der Waals surface area contributed by atoms with E-state index >= 15 is 0 Å². The highest BCUT2D eigenvalue weighted by Gasteiger charge is 2.10. The van der Waals surface area contributed by atoms with Gasteiger partial charge in [-0.3, -0.25) is 9.98 Å². The Bertz CT molecular complexity index is 1130. The predicted molar refractivity (Wildman–Crippen MR) is 117 cm³/mol. The second-order valence-electron chi connectivity index (χ2n) is 6.25. The van der Waals surface area contributed by atoms with E-state index in [1.807, 2.05) is 36.7 Å². The predicted octanol–water partition coefficient (Wildman–Crippen LogP) is 6.00. The molecule has 0 saturated heterocycles. The van der Waals surface area contributed by atoms with E-state index in [-0.39, 0.29) is 0 Å². The maximum atomic E-state index is 4.68. The fourth-order valence-corrected chi connectivity index (χ4v) is 3.74. The summed E-state index contributed by atoms with van der Waals surface area (Å²) in [5, 5.41) is 1.14. The Hall–Kier alpha value is -2.47. The molecule has 4 heteroatoms. The van der Waals surface area contributed by atoms with Gasteiger partial charge < -0.3 is 4.57 Å². The molecule has 0 fully saturated rings. The van der Waals surface area contributed by atoms with Crippen molar-refractivity contribution in [1.29, 1.82) is 0 Å². The Kier molecular flexibility index (Phi) is 4.59. The fourth-order valence-electron chi connectivity index (χ4n) is 3.21. The molecule has 4 rings (SSSR count). The van der Waals surface area contributed by atoms with Crippen LogP contribution in [-0.2, 0) is 0 Å². The van der Waals surface area contributed by atoms with Gasteiger partial charge in [0.1, 0.15) is 0 Å². The molecule has 0 amide bonds. The summed E-state index contributed by atoms with van der Waals surface area (Å²) in [6, 6.07) is 20.8. The number of hydrogen-bond acceptors (Lipinski definition) is 2. The smallest absolute Gasteiger partial charge is 0.0763 e. The average molecular weight is 451 g/mol. The molecule has 128 valence electrons. The standard InChI is InChI=1S/C22H18IN3/c1-15-12-18(14-25-22-8-4-3-7-20(22)23)16(2)26(15)19-9-10-21-17(13-19)6-5-11-24-21/h3-14H,1-2H3. The normalized spacial score (nSPS) is 11.5. The minimum atomic E-state index is 0.995. The number of aromatic nitrogens is 2. The van der Waals surface area contributed by atoms with Gasteiger partial charge in [0.2, 0.25) is 0 Å². The fraction of sp³-hybridized carbons (Fsp3) is 0.0909. The monoisotopic (exact) mass is 451 g/mol. The minimum absolute atomic E-state index is 0.995. The van der Waals surface area contributed by atoms with E-state index in [0.29, 0.717) is 0 Å². The van der Waals surface area contributed by atoms with Crippen LogP contribution >= 0.6 is 22.6 Å². The van der Waals surface area contributed by atoms with Gasteiger partial charge in [-0.05, 0) is 78.9 Å². The molecule has 0 aliphatic heterocycles. The summed E-state index contributed by atoms with van der Waals surface area (Å²) in [6.45, 7) is 4.27. The van der Waals surface area contributed by atoms with Crippen LogP contribution in [0.2, 0.25) is 0 Å². The van der Waals surface area contributed by atoms with Crippen LogP contribution in [0.1, 0.15) is 17.0 Å². The van der Waals surface area contributed by atoms with Crippen LogP contribution in [-0.4, -0.2) is 15.8 Å². The minimum Gasteiger partial charge on any atom is -0.318 e. The average Bonchev–Trinajstić information content (AvgIpc) is 2.94. The van der Waals surface area contributed by atoms with Crippen molar-refractivity contribution in [3.8, 4) is 5.69 Å². The van der Waals surface area contributed by atoms with Crippen LogP contribution in [0.4, 0.5) is 5.69 Å². The third-order valence-electron chi connectivity index (χ3n) is 4.51. The van der Waals surface area contributed by atoms with Gasteiger partial charge in [0.05, 0.1) is 11.2 Å². The van der Waals surface area contributed by atoms with E-state index in [1.54, 1.807) is 0 Å². The Morgan fingerprint density at radius 3 is 2.69 bits per heavy atom. The van der Waals surface area contributed by atoms with Crippen molar-refractivity contribution in [1.82, 2.24) is 9.55 Å². The van der Waals surface area contributed by atoms with Crippen LogP contribution in [0.25, 0.3) is 16.6 Å². The van der Waals surface area contributed by atoms with Crippen molar-refractivity contribution in [3.63, 3.8) is 0 Å². The number of aryl methyl sites for hydroxylation is 1. The van der Waals surface area contributed by atoms with E-state index < -0.39 is 0 Å². The number of para-hydroxylation sites is 1. The first-order chi connectivity index (χ1) is 12.6. The number of rotatable bonds is 3. The molecule has 2 aromatic heterocycles. The third kappa shape index (κ3) is 3.17. The first kappa shape index (κ1) is 17.0. The summed E-state index contributed by atoms with van der Waals surface area (Å²) in [4.78, 5) is 9.09. The Labute approximate surface area is 166 Å². The highest BCUT2D eigenvalue weighted by atomic mass is 127. The van der Waals surface area contributed by atoms with E-state index in [9.17, 15) is 0 Å². The summed E-state index contributed by atoms with van der Waals surface area (Å²) < 4.78 is 3.42. The van der Waals surface area contributed by atoms with Gasteiger partial charge in [-0.15, -0.1) is 0 Å². The number of fused-ring (bicyclic) bond motifs is 1. The van der Waals surface area contributed by atoms with Crippen molar-refractivity contribution in [3.05, 3.63) is 87.4 Å². The Morgan fingerprint density at radius 2 is 1.85 bits per heavy atom. The SMILES string of the molecule is Cc1cc(C=Nc2ccccc2I)c(C)n1-c1ccc2ncccc2c1. The summed E-state index contributed by atoms with van der Waals surface area (Å²) in [7, 11) is 0. The van der Waals surface area contributed by atoms with Crippen molar-refractivity contribution >= 4 is 45.4 Å². The lowest BCUT2D eigenvalue weighted by Crippen LogP contribution is -1.99. The molecule has 2 heterocycles. The van der Waals surface area contributed by atoms with Crippen LogP contribution < -0.4 is 0 Å². The van der Waals surface area contributed by atoms with Gasteiger partial charge in [0.15, 0.2) is 0 Å². The van der Waals surface area contributed by atoms with E-state index in [1.165, 1.54) is 11.4 Å². The Balaban J connectivity index is 1.75. The summed E-state index contributed by atoms with van der Waals surface area (Å²) in [6.07, 6.45) is 3.78. The lowest BCUT2D eigenvalue weighted by atomic mass is 10.2. The van der Waals surface area contributed by atoms with Crippen LogP contribution in [0.5, 0.6) is 0 Å². The number of aliphatic imine (C=N–C) groups is 1. The second kappa shape index (κ2) is 7.03.